The van der Waals surface area contributed by atoms with Crippen LogP contribution in [0.25, 0.3) is 0 Å². The van der Waals surface area contributed by atoms with Crippen LogP contribution >= 0.6 is 7.60 Å². The molecule has 32 heavy (non-hydrogen) atoms. The van der Waals surface area contributed by atoms with E-state index in [1.807, 2.05) is 17.0 Å². The lowest BCUT2D eigenvalue weighted by atomic mass is 10.1. The Morgan fingerprint density at radius 1 is 0.875 bits per heavy atom. The van der Waals surface area contributed by atoms with Crippen molar-refractivity contribution in [3.63, 3.8) is 0 Å². The molecule has 0 saturated carbocycles. The Labute approximate surface area is 189 Å². The Hall–Kier alpha value is -0.910. The first kappa shape index (κ1) is 27.3. The average Bonchev–Trinajstić information content (AvgIpc) is 2.80. The van der Waals surface area contributed by atoms with Crippen molar-refractivity contribution < 1.29 is 34.8 Å². The van der Waals surface area contributed by atoms with Gasteiger partial charge < -0.3 is 30.2 Å². The third kappa shape index (κ3) is 9.52. The van der Waals surface area contributed by atoms with Gasteiger partial charge in [0, 0.05) is 52.4 Å². The molecule has 2 rings (SSSR count). The fourth-order valence-corrected chi connectivity index (χ4v) is 4.74. The van der Waals surface area contributed by atoms with Crippen LogP contribution < -0.4 is 0 Å². The van der Waals surface area contributed by atoms with E-state index in [9.17, 15) is 25.0 Å². The average molecular weight is 476 g/mol. The number of aliphatic hydroxyl groups excluding tert-OH is 4. The zero-order chi connectivity index (χ0) is 23.7. The van der Waals surface area contributed by atoms with Gasteiger partial charge in [0.25, 0.3) is 0 Å². The van der Waals surface area contributed by atoms with Crippen LogP contribution in [0.4, 0.5) is 0 Å². The van der Waals surface area contributed by atoms with Crippen LogP contribution in [0.5, 0.6) is 0 Å². The van der Waals surface area contributed by atoms with E-state index in [1.54, 1.807) is 19.1 Å². The minimum Gasteiger partial charge on any atom is -0.395 e. The second kappa shape index (κ2) is 13.1. The monoisotopic (exact) mass is 475 g/mol. The number of benzene rings is 1. The maximum atomic E-state index is 11.2. The molecule has 1 aromatic rings. The molecule has 1 aliphatic heterocycles. The molecule has 1 heterocycles. The summed E-state index contributed by atoms with van der Waals surface area (Å²) in [5.74, 6) is 0. The molecule has 0 spiro atoms. The lowest BCUT2D eigenvalue weighted by Crippen LogP contribution is -2.51. The van der Waals surface area contributed by atoms with Crippen LogP contribution in [0.2, 0.25) is 0 Å². The number of β-amino-alcohol motifs (C(OH)–C–C–N with tert-alkyl or cyclic N) is 1. The summed E-state index contributed by atoms with van der Waals surface area (Å²) < 4.78 is 11.2. The molecule has 1 saturated heterocycles. The molecular formula is C21H38N3O7P. The molecular weight excluding hydrogens is 437 g/mol. The Morgan fingerprint density at radius 2 is 1.41 bits per heavy atom. The van der Waals surface area contributed by atoms with Gasteiger partial charge in [0.2, 0.25) is 0 Å². The number of nitrogens with zero attached hydrogens (tertiary/aromatic N) is 3. The van der Waals surface area contributed by atoms with E-state index in [2.05, 4.69) is 9.80 Å². The van der Waals surface area contributed by atoms with Gasteiger partial charge in [-0.1, -0.05) is 24.3 Å². The van der Waals surface area contributed by atoms with Gasteiger partial charge in [-0.25, -0.2) is 0 Å². The van der Waals surface area contributed by atoms with E-state index in [0.717, 1.165) is 18.7 Å². The molecule has 0 bridgehead atoms. The summed E-state index contributed by atoms with van der Waals surface area (Å²) in [6.45, 7) is 6.27. The maximum absolute atomic E-state index is 11.2. The highest BCUT2D eigenvalue weighted by atomic mass is 31.2. The Balaban J connectivity index is 2.11. The molecule has 3 atom stereocenters. The molecule has 1 fully saturated rings. The molecule has 11 heteroatoms. The zero-order valence-corrected chi connectivity index (χ0v) is 19.6. The first-order chi connectivity index (χ1) is 15.1. The first-order valence-corrected chi connectivity index (χ1v) is 12.8. The smallest absolute Gasteiger partial charge is 0.329 e. The molecule has 1 aliphatic rings. The SMILES string of the molecule is C[C@H](O)CN1CCN(Cc2ccc(CP(=O)(O)O)cc2)CCN([C@H](CO)[C@H](O)CO)CC1. The topological polar surface area (TPSA) is 148 Å². The zero-order valence-electron chi connectivity index (χ0n) is 18.7. The van der Waals surface area contributed by atoms with Crippen LogP contribution in [-0.4, -0.2) is 122 Å². The third-order valence-electron chi connectivity index (χ3n) is 5.77. The summed E-state index contributed by atoms with van der Waals surface area (Å²) in [6.07, 6.45) is -1.80. The summed E-state index contributed by atoms with van der Waals surface area (Å²) in [5, 5.41) is 39.2. The highest BCUT2D eigenvalue weighted by Crippen LogP contribution is 2.38. The van der Waals surface area contributed by atoms with E-state index < -0.39 is 32.5 Å². The Bertz CT molecular complexity index is 716. The molecule has 10 nitrogen and oxygen atoms in total. The summed E-state index contributed by atoms with van der Waals surface area (Å²) in [6, 6.07) is 6.64. The largest absolute Gasteiger partial charge is 0.395 e. The Morgan fingerprint density at radius 3 is 1.94 bits per heavy atom. The van der Waals surface area contributed by atoms with Gasteiger partial charge in [-0.15, -0.1) is 0 Å². The van der Waals surface area contributed by atoms with Gasteiger partial charge in [0.15, 0.2) is 0 Å². The van der Waals surface area contributed by atoms with Gasteiger partial charge in [-0.05, 0) is 18.1 Å². The van der Waals surface area contributed by atoms with E-state index >= 15 is 0 Å². The highest BCUT2D eigenvalue weighted by Gasteiger charge is 2.27. The fourth-order valence-electron chi connectivity index (χ4n) is 4.05. The normalized spacial score (nSPS) is 20.8. The minimum absolute atomic E-state index is 0.265. The number of aliphatic hydroxyl groups is 4. The van der Waals surface area contributed by atoms with Crippen molar-refractivity contribution in [3.05, 3.63) is 35.4 Å². The summed E-state index contributed by atoms with van der Waals surface area (Å²) in [4.78, 5) is 24.7. The van der Waals surface area contributed by atoms with Crippen LogP contribution in [-0.2, 0) is 17.3 Å². The van der Waals surface area contributed by atoms with Gasteiger partial charge in [0.05, 0.1) is 37.6 Å². The second-order valence-electron chi connectivity index (χ2n) is 8.60. The second-order valence-corrected chi connectivity index (χ2v) is 10.2. The van der Waals surface area contributed by atoms with Crippen molar-refractivity contribution >= 4 is 7.60 Å². The van der Waals surface area contributed by atoms with Crippen LogP contribution in [0.15, 0.2) is 24.3 Å². The van der Waals surface area contributed by atoms with Crippen molar-refractivity contribution in [2.45, 2.75) is 37.9 Å². The molecule has 0 aliphatic carbocycles. The lowest BCUT2D eigenvalue weighted by Gasteiger charge is -2.34. The van der Waals surface area contributed by atoms with Crippen molar-refractivity contribution in [1.82, 2.24) is 14.7 Å². The molecule has 1 aromatic carbocycles. The fraction of sp³-hybridized carbons (Fsp3) is 0.714. The van der Waals surface area contributed by atoms with Crippen LogP contribution in [0.3, 0.4) is 0 Å². The third-order valence-corrected chi connectivity index (χ3v) is 6.54. The van der Waals surface area contributed by atoms with E-state index in [4.69, 9.17) is 9.79 Å². The van der Waals surface area contributed by atoms with Gasteiger partial charge >= 0.3 is 7.60 Å². The Kier molecular flexibility index (Phi) is 11.2. The number of hydrogen-bond donors (Lipinski definition) is 6. The first-order valence-electron chi connectivity index (χ1n) is 11.0. The number of rotatable bonds is 10. The number of hydrogen-bond acceptors (Lipinski definition) is 8. The summed E-state index contributed by atoms with van der Waals surface area (Å²) in [7, 11) is -4.10. The van der Waals surface area contributed by atoms with Gasteiger partial charge in [-0.2, -0.15) is 0 Å². The van der Waals surface area contributed by atoms with E-state index in [0.29, 0.717) is 44.8 Å². The van der Waals surface area contributed by atoms with Crippen LogP contribution in [0, 0.1) is 0 Å². The van der Waals surface area contributed by atoms with Gasteiger partial charge in [-0.3, -0.25) is 19.3 Å². The van der Waals surface area contributed by atoms with E-state index in [-0.39, 0.29) is 12.8 Å². The van der Waals surface area contributed by atoms with Crippen molar-refractivity contribution in [2.24, 2.45) is 0 Å². The molecule has 184 valence electrons. The molecule has 0 radical (unpaired) electrons. The molecule has 0 unspecified atom stereocenters. The van der Waals surface area contributed by atoms with E-state index in [1.165, 1.54) is 0 Å². The van der Waals surface area contributed by atoms with Gasteiger partial charge in [0.1, 0.15) is 0 Å². The predicted molar refractivity (Wildman–Crippen MR) is 121 cm³/mol. The maximum Gasteiger partial charge on any atom is 0.329 e. The minimum atomic E-state index is -4.10. The van der Waals surface area contributed by atoms with Crippen LogP contribution in [0.1, 0.15) is 18.1 Å². The molecule has 0 aromatic heterocycles. The quantitative estimate of drug-likeness (QED) is 0.230. The predicted octanol–water partition coefficient (Wildman–Crippen LogP) is -1.12. The van der Waals surface area contributed by atoms with Crippen molar-refractivity contribution in [2.75, 3.05) is 59.0 Å². The highest BCUT2D eigenvalue weighted by molar-refractivity contribution is 7.50. The van der Waals surface area contributed by atoms with Crippen molar-refractivity contribution in [3.8, 4) is 0 Å². The lowest BCUT2D eigenvalue weighted by molar-refractivity contribution is -0.0169. The van der Waals surface area contributed by atoms with Crippen molar-refractivity contribution in [1.29, 1.82) is 0 Å². The summed E-state index contributed by atoms with van der Waals surface area (Å²) in [5.41, 5.74) is 1.60. The molecule has 0 amide bonds. The standard InChI is InChI=1S/C21H38N3O7P/c1-17(27)12-22-6-7-23(9-11-24(10-8-22)20(14-25)21(28)15-26)13-18-2-4-19(5-3-18)16-32(29,30)31/h2-5,17,20-21,25-28H,6-16H2,1H3,(H2,29,30,31)/t17-,20+,21+/m0/s1. The molecule has 6 N–H and O–H groups in total. The summed E-state index contributed by atoms with van der Waals surface area (Å²) >= 11 is 0.